The number of carboxylic acid groups (broad SMARTS) is 1. The van der Waals surface area contributed by atoms with Gasteiger partial charge in [-0.3, -0.25) is 9.59 Å². The molecule has 2 fully saturated rings. The second kappa shape index (κ2) is 38.2. The topological polar surface area (TPSA) is 331 Å². The minimum Gasteiger partial charge on any atom is -0.460 e. The summed E-state index contributed by atoms with van der Waals surface area (Å²) in [5.41, 5.74) is 2.40. The Hall–Kier alpha value is -8.63. The molecule has 0 saturated heterocycles. The molecule has 2 aliphatic rings. The van der Waals surface area contributed by atoms with Crippen LogP contribution in [0.3, 0.4) is 0 Å². The van der Waals surface area contributed by atoms with Gasteiger partial charge >= 0.3 is 459 Å². The third-order valence-electron chi connectivity index (χ3n) is 16.4. The summed E-state index contributed by atoms with van der Waals surface area (Å²) in [7, 11) is 1.40. The average Bonchev–Trinajstić information content (AvgIpc) is 1.08. The van der Waals surface area contributed by atoms with Gasteiger partial charge in [0.2, 0.25) is 0 Å². The Balaban J connectivity index is 0.000000293. The molecule has 0 aliphatic heterocycles. The molecular formula is C67H84B2N8O14. The van der Waals surface area contributed by atoms with Crippen molar-refractivity contribution in [3.63, 3.8) is 0 Å². The van der Waals surface area contributed by atoms with Crippen LogP contribution >= 0.6 is 0 Å². The third-order valence-corrected chi connectivity index (χ3v) is 16.4. The first-order chi connectivity index (χ1) is 44.0. The van der Waals surface area contributed by atoms with E-state index in [9.17, 15) is 57.4 Å². The van der Waals surface area contributed by atoms with Crippen LogP contribution in [-0.2, 0) is 81.5 Å². The summed E-state index contributed by atoms with van der Waals surface area (Å²) < 4.78 is 27.6. The molecule has 9 N–H and O–H groups in total. The predicted molar refractivity (Wildman–Crippen MR) is 342 cm³/mol. The van der Waals surface area contributed by atoms with E-state index in [1.807, 2.05) is 115 Å². The smallest absolute Gasteiger partial charge is 0.460 e. The van der Waals surface area contributed by atoms with E-state index in [0.29, 0.717) is 27.1 Å². The number of nitrogens with one attached hydrogen (secondary N) is 8. The fourth-order valence-corrected chi connectivity index (χ4v) is 11.8. The Bertz CT molecular complexity index is 3300. The Morgan fingerprint density at radius 1 is 0.484 bits per heavy atom. The number of hydrogen-bond donors (Lipinski definition) is 9. The van der Waals surface area contributed by atoms with E-state index in [1.165, 1.54) is 0 Å². The molecular weight excluding hydrogens is 1160 g/mol. The zero-order valence-electron chi connectivity index (χ0n) is 51.8. The second-order valence-electron chi connectivity index (χ2n) is 23.0. The Kier molecular flexibility index (Phi) is 30.0. The van der Waals surface area contributed by atoms with E-state index in [1.54, 1.807) is 19.1 Å². The van der Waals surface area contributed by atoms with Gasteiger partial charge in [0, 0.05) is 0 Å². The fraction of sp³-hybridized carbons (Fsp3) is 0.463. The number of fused-ring (bicyclic) bond motifs is 2. The number of ether oxygens (including phenoxy) is 1. The molecule has 0 aromatic heterocycles. The van der Waals surface area contributed by atoms with Gasteiger partial charge in [-0.2, -0.15) is 0 Å². The molecule has 7 rings (SSSR count). The normalized spacial score (nSPS) is 15.2. The Morgan fingerprint density at radius 2 is 0.879 bits per heavy atom. The van der Waals surface area contributed by atoms with E-state index < -0.39 is 108 Å². The summed E-state index contributed by atoms with van der Waals surface area (Å²) in [5.74, 6) is -8.10. The molecule has 0 spiro atoms. The number of Topliss-reactive ketones (excluding diaryl/α,β-unsaturated/α-hetero) is 2. The maximum atomic E-state index is 14.0. The van der Waals surface area contributed by atoms with Crippen LogP contribution in [0.1, 0.15) is 120 Å². The predicted octanol–water partition coefficient (Wildman–Crippen LogP) is 4.59. The summed E-state index contributed by atoms with van der Waals surface area (Å²) >= 11 is 0. The van der Waals surface area contributed by atoms with Gasteiger partial charge in [0.25, 0.3) is 0 Å². The summed E-state index contributed by atoms with van der Waals surface area (Å²) in [6.07, 6.45) is 10.8. The van der Waals surface area contributed by atoms with Crippen molar-refractivity contribution in [2.75, 3.05) is 26.0 Å². The van der Waals surface area contributed by atoms with Crippen LogP contribution in [0.2, 0.25) is 0 Å². The number of rotatable bonds is 34. The molecule has 2 saturated carbocycles. The number of aliphatic carboxylic acids is 1. The number of carboxylic acids is 1. The van der Waals surface area contributed by atoms with Gasteiger partial charge in [-0.25, -0.2) is 0 Å². The first-order valence-corrected chi connectivity index (χ1v) is 31.6. The molecule has 2 unspecified atom stereocenters. The minimum atomic E-state index is -1.30. The molecule has 482 valence electrons. The standard InChI is InChI=1S/C37H45BN4O7.C30H39BN4O7/c1-2-12-30(34(44)37(47)39-22-32(43)49-23-25-13-5-3-6-14-25)41-35(45)31(21-28-19-11-18-26-15-9-10-20-29(26)28)42-36(46)33(40-24-38-48)27-16-7-4-8-17-27;1-2-9-23(27(38)30(41)32-17-25(36)37)34-28(39)24(16-21-14-8-13-19-10-6-7-15-22(19)21)35-29(40)26(33-18-31-42)20-11-4-3-5-12-20/h3,5-6,9-11,13-15,18-20,27,30-31,33,40H,2,4,7-8,12,16-17,21-24H2,1H3,(H,39,47)(H,41,45)(H,42,46);6-8,10,13-15,20,23-24,26,33H,2-5,9,11-12,16-18H2,1H3,(H,32,41)(H,34,39)(H,35,40)(H,36,37)/t30?,31-,33-;23?,24-,26-/m00/s1. The number of amides is 6. The number of benzene rings is 5. The van der Waals surface area contributed by atoms with Gasteiger partial charge in [0.05, 0.1) is 0 Å². The average molecular weight is 1250 g/mol. The fourth-order valence-electron chi connectivity index (χ4n) is 11.8. The number of hydrogen-bond acceptors (Lipinski definition) is 15. The molecule has 2 aliphatic carbocycles. The van der Waals surface area contributed by atoms with Crippen LogP contribution in [0.15, 0.2) is 115 Å². The van der Waals surface area contributed by atoms with Crippen molar-refractivity contribution in [2.24, 2.45) is 11.8 Å². The molecule has 6 amide bonds. The zero-order chi connectivity index (χ0) is 65.5. The van der Waals surface area contributed by atoms with E-state index >= 15 is 0 Å². The molecule has 24 heteroatoms. The second-order valence-corrected chi connectivity index (χ2v) is 23.0. The monoisotopic (exact) mass is 1250 g/mol. The number of carbonyl (C=O) groups is 10. The first-order valence-electron chi connectivity index (χ1n) is 31.6. The van der Waals surface area contributed by atoms with Gasteiger partial charge in [-0.05, 0) is 5.56 Å². The number of carbonyl (C=O) groups excluding carboxylic acids is 9. The molecule has 0 bridgehead atoms. The van der Waals surface area contributed by atoms with Crippen LogP contribution in [-0.4, -0.2) is 141 Å². The zero-order valence-corrected chi connectivity index (χ0v) is 51.8. The maximum absolute atomic E-state index is 14.0. The summed E-state index contributed by atoms with van der Waals surface area (Å²) in [5, 5.41) is 34.1. The summed E-state index contributed by atoms with van der Waals surface area (Å²) in [6, 6.07) is 29.9. The molecule has 91 heavy (non-hydrogen) atoms. The van der Waals surface area contributed by atoms with E-state index in [-0.39, 0.29) is 57.0 Å². The van der Waals surface area contributed by atoms with Crippen LogP contribution in [0.4, 0.5) is 0 Å². The van der Waals surface area contributed by atoms with Crippen LogP contribution < -0.4 is 42.5 Å². The van der Waals surface area contributed by atoms with Crippen molar-refractivity contribution in [2.45, 2.75) is 159 Å². The first kappa shape index (κ1) is 71.4. The summed E-state index contributed by atoms with van der Waals surface area (Å²) in [4.78, 5) is 130. The molecule has 0 radical (unpaired) electrons. The van der Waals surface area contributed by atoms with Crippen molar-refractivity contribution >= 4 is 94.8 Å². The third kappa shape index (κ3) is 22.7. The molecule has 0 heterocycles. The van der Waals surface area contributed by atoms with Gasteiger partial charge < -0.3 is 9.84 Å². The van der Waals surface area contributed by atoms with Gasteiger partial charge in [0.1, 0.15) is 19.7 Å². The van der Waals surface area contributed by atoms with E-state index in [2.05, 4.69) is 37.2 Å². The van der Waals surface area contributed by atoms with E-state index in [0.717, 1.165) is 102 Å². The molecule has 22 nitrogen and oxygen atoms in total. The Labute approximate surface area is 531 Å². The van der Waals surface area contributed by atoms with Crippen molar-refractivity contribution in [1.82, 2.24) is 42.5 Å². The number of esters is 1. The van der Waals surface area contributed by atoms with Crippen molar-refractivity contribution in [3.8, 4) is 0 Å². The van der Waals surface area contributed by atoms with E-state index in [4.69, 9.17) is 9.84 Å². The van der Waals surface area contributed by atoms with Gasteiger partial charge in [0.15, 0.2) is 0 Å². The molecule has 5 aromatic rings. The van der Waals surface area contributed by atoms with Crippen molar-refractivity contribution in [3.05, 3.63) is 132 Å². The van der Waals surface area contributed by atoms with Crippen LogP contribution in [0, 0.1) is 11.8 Å². The summed E-state index contributed by atoms with van der Waals surface area (Å²) in [6.45, 7) is 2.38. The van der Waals surface area contributed by atoms with Gasteiger partial charge in [-0.1, -0.05) is 30.3 Å². The van der Waals surface area contributed by atoms with Crippen molar-refractivity contribution in [1.29, 1.82) is 0 Å². The molecule has 5 aromatic carbocycles. The van der Waals surface area contributed by atoms with Crippen LogP contribution in [0.25, 0.3) is 21.5 Å². The van der Waals surface area contributed by atoms with Gasteiger partial charge in [-0.15, -0.1) is 0 Å². The minimum absolute atomic E-state index is 0.00322. The molecule has 6 atom stereocenters. The quantitative estimate of drug-likeness (QED) is 0.0154. The SMILES string of the molecule is CCCC(NC(=O)[C@H](Cc1cccc2ccccc12)NC(=O)[C@@H](NCB=O)C1CCCCC1)C(=O)C(=O)NCC(=O)O.CCCC(NC(=O)[C@H](Cc1cccc2ccccc12)NC(=O)[C@@H](NCB=O)C1CCCCC1)C(=O)C(=O)NCC(=O)OCc1ccccc1. The number of ketones is 2. The van der Waals surface area contributed by atoms with Crippen molar-refractivity contribution < 1.29 is 67.2 Å². The van der Waals surface area contributed by atoms with Crippen LogP contribution in [0.5, 0.6) is 0 Å². The Morgan fingerprint density at radius 3 is 1.30 bits per heavy atom.